The Morgan fingerprint density at radius 2 is 2.19 bits per heavy atom. The smallest absolute Gasteiger partial charge is 0.222 e. The average Bonchev–Trinajstić information content (AvgIpc) is 3.15. The van der Waals surface area contributed by atoms with Gasteiger partial charge in [0.2, 0.25) is 11.9 Å². The fourth-order valence-corrected chi connectivity index (χ4v) is 4.14. The summed E-state index contributed by atoms with van der Waals surface area (Å²) in [4.78, 5) is 17.4. The Morgan fingerprint density at radius 3 is 2.93 bits per heavy atom. The summed E-state index contributed by atoms with van der Waals surface area (Å²) < 4.78 is 14.2. The van der Waals surface area contributed by atoms with Gasteiger partial charge in [-0.1, -0.05) is 13.8 Å². The van der Waals surface area contributed by atoms with Gasteiger partial charge in [0.15, 0.2) is 0 Å². The van der Waals surface area contributed by atoms with Gasteiger partial charge in [-0.2, -0.15) is 9.49 Å². The summed E-state index contributed by atoms with van der Waals surface area (Å²) in [6, 6.07) is 3.40. The predicted molar refractivity (Wildman–Crippen MR) is 102 cm³/mol. The SMILES string of the molecule is CN1C(=O)CCC1CNc1cc(-c2n[nH]c3c2CCC(C)(C)C3)cc(F)n1. The van der Waals surface area contributed by atoms with Crippen molar-refractivity contribution in [1.82, 2.24) is 20.1 Å². The molecule has 0 saturated carbocycles. The van der Waals surface area contributed by atoms with Crippen LogP contribution in [0.3, 0.4) is 0 Å². The van der Waals surface area contributed by atoms with Crippen LogP contribution in [0.5, 0.6) is 0 Å². The molecule has 1 aliphatic carbocycles. The van der Waals surface area contributed by atoms with Crippen LogP contribution >= 0.6 is 0 Å². The lowest BCUT2D eigenvalue weighted by Crippen LogP contribution is -2.34. The molecule has 1 unspecified atom stereocenters. The van der Waals surface area contributed by atoms with Gasteiger partial charge in [-0.3, -0.25) is 9.89 Å². The zero-order chi connectivity index (χ0) is 19.2. The molecule has 0 aromatic carbocycles. The highest BCUT2D eigenvalue weighted by Crippen LogP contribution is 2.38. The Labute approximate surface area is 158 Å². The molecular formula is C20H26FN5O. The van der Waals surface area contributed by atoms with Crippen LogP contribution in [0.15, 0.2) is 12.1 Å². The second-order valence-corrected chi connectivity index (χ2v) is 8.51. The number of fused-ring (bicyclic) bond motifs is 1. The highest BCUT2D eigenvalue weighted by molar-refractivity contribution is 5.78. The van der Waals surface area contributed by atoms with Crippen LogP contribution in [-0.4, -0.2) is 45.6 Å². The molecule has 7 heteroatoms. The Balaban J connectivity index is 1.55. The topological polar surface area (TPSA) is 73.9 Å². The zero-order valence-corrected chi connectivity index (χ0v) is 16.1. The van der Waals surface area contributed by atoms with Crippen LogP contribution in [0.4, 0.5) is 10.2 Å². The standard InChI is InChI=1S/C20H26FN5O/c1-20(2)7-6-14-15(10-20)24-25-19(14)12-8-16(21)23-17(9-12)22-11-13-4-5-18(27)26(13)3/h8-9,13H,4-7,10-11H2,1-3H3,(H,22,23)(H,24,25). The number of aromatic amines is 1. The number of anilines is 1. The van der Waals surface area contributed by atoms with E-state index in [1.165, 1.54) is 11.6 Å². The molecule has 2 aliphatic rings. The van der Waals surface area contributed by atoms with Crippen LogP contribution in [0.25, 0.3) is 11.3 Å². The fourth-order valence-electron chi connectivity index (χ4n) is 4.14. The quantitative estimate of drug-likeness (QED) is 0.810. The lowest BCUT2D eigenvalue weighted by atomic mass is 9.76. The Morgan fingerprint density at radius 1 is 1.37 bits per heavy atom. The molecule has 0 spiro atoms. The Hall–Kier alpha value is -2.44. The Bertz CT molecular complexity index is 875. The summed E-state index contributed by atoms with van der Waals surface area (Å²) in [5.74, 6) is 0.102. The van der Waals surface area contributed by atoms with Crippen molar-refractivity contribution in [3.05, 3.63) is 29.3 Å². The van der Waals surface area contributed by atoms with Crippen molar-refractivity contribution in [2.45, 2.75) is 52.0 Å². The van der Waals surface area contributed by atoms with Gasteiger partial charge in [-0.15, -0.1) is 0 Å². The van der Waals surface area contributed by atoms with Gasteiger partial charge in [0, 0.05) is 48.9 Å². The summed E-state index contributed by atoms with van der Waals surface area (Å²) >= 11 is 0. The van der Waals surface area contributed by atoms with E-state index in [1.54, 1.807) is 4.90 Å². The summed E-state index contributed by atoms with van der Waals surface area (Å²) in [6.45, 7) is 5.08. The number of H-pyrrole nitrogens is 1. The number of amides is 1. The number of nitrogens with zero attached hydrogens (tertiary/aromatic N) is 3. The normalized spacial score (nSPS) is 21.4. The van der Waals surface area contributed by atoms with Crippen molar-refractivity contribution in [2.24, 2.45) is 5.41 Å². The Kier molecular flexibility index (Phi) is 4.40. The van der Waals surface area contributed by atoms with Gasteiger partial charge in [-0.25, -0.2) is 4.98 Å². The molecule has 6 nitrogen and oxygen atoms in total. The number of halogens is 1. The number of nitrogens with one attached hydrogen (secondary N) is 2. The molecule has 1 amide bonds. The molecule has 1 saturated heterocycles. The minimum absolute atomic E-state index is 0.117. The van der Waals surface area contributed by atoms with E-state index in [9.17, 15) is 9.18 Å². The van der Waals surface area contributed by atoms with Gasteiger partial charge in [-0.05, 0) is 37.2 Å². The molecule has 3 heterocycles. The number of carbonyl (C=O) groups is 1. The summed E-state index contributed by atoms with van der Waals surface area (Å²) in [6.07, 6.45) is 4.37. The molecule has 1 atom stereocenters. The van der Waals surface area contributed by atoms with Crippen molar-refractivity contribution >= 4 is 11.7 Å². The lowest BCUT2D eigenvalue weighted by Gasteiger charge is -2.29. The number of aromatic nitrogens is 3. The molecule has 0 bridgehead atoms. The van der Waals surface area contributed by atoms with E-state index >= 15 is 0 Å². The van der Waals surface area contributed by atoms with Crippen molar-refractivity contribution < 1.29 is 9.18 Å². The third kappa shape index (κ3) is 3.55. The zero-order valence-electron chi connectivity index (χ0n) is 16.1. The molecule has 4 rings (SSSR count). The second-order valence-electron chi connectivity index (χ2n) is 8.51. The first-order valence-corrected chi connectivity index (χ1v) is 9.56. The van der Waals surface area contributed by atoms with Gasteiger partial charge >= 0.3 is 0 Å². The number of likely N-dealkylation sites (N-methyl/N-ethyl adjacent to an activating group) is 1. The lowest BCUT2D eigenvalue weighted by molar-refractivity contribution is -0.127. The third-order valence-electron chi connectivity index (χ3n) is 5.88. The number of carbonyl (C=O) groups excluding carboxylic acids is 1. The number of pyridine rings is 1. The van der Waals surface area contributed by atoms with Crippen LogP contribution in [0, 0.1) is 11.4 Å². The van der Waals surface area contributed by atoms with Crippen LogP contribution in [0.2, 0.25) is 0 Å². The van der Waals surface area contributed by atoms with E-state index in [-0.39, 0.29) is 17.4 Å². The fraction of sp³-hybridized carbons (Fsp3) is 0.550. The molecule has 1 aliphatic heterocycles. The number of likely N-dealkylation sites (tertiary alicyclic amines) is 1. The summed E-state index contributed by atoms with van der Waals surface area (Å²) in [5.41, 5.74) is 4.15. The van der Waals surface area contributed by atoms with Crippen molar-refractivity contribution in [3.63, 3.8) is 0 Å². The van der Waals surface area contributed by atoms with Crippen molar-refractivity contribution in [2.75, 3.05) is 18.9 Å². The number of rotatable bonds is 4. The summed E-state index contributed by atoms with van der Waals surface area (Å²) in [7, 11) is 1.81. The van der Waals surface area contributed by atoms with Gasteiger partial charge in [0.05, 0.1) is 5.69 Å². The van der Waals surface area contributed by atoms with Gasteiger partial charge in [0.25, 0.3) is 0 Å². The van der Waals surface area contributed by atoms with E-state index in [2.05, 4.69) is 34.3 Å². The van der Waals surface area contributed by atoms with E-state index in [1.807, 2.05) is 13.1 Å². The first-order chi connectivity index (χ1) is 12.8. The number of hydrogen-bond donors (Lipinski definition) is 2. The predicted octanol–water partition coefficient (Wildman–Crippen LogP) is 3.16. The molecule has 144 valence electrons. The molecule has 2 N–H and O–H groups in total. The van der Waals surface area contributed by atoms with E-state index in [4.69, 9.17) is 0 Å². The largest absolute Gasteiger partial charge is 0.368 e. The molecule has 27 heavy (non-hydrogen) atoms. The third-order valence-corrected chi connectivity index (χ3v) is 5.88. The highest BCUT2D eigenvalue weighted by atomic mass is 19.1. The first-order valence-electron chi connectivity index (χ1n) is 9.56. The van der Waals surface area contributed by atoms with Gasteiger partial charge in [0.1, 0.15) is 5.82 Å². The monoisotopic (exact) mass is 371 g/mol. The highest BCUT2D eigenvalue weighted by Gasteiger charge is 2.30. The number of hydrogen-bond acceptors (Lipinski definition) is 4. The van der Waals surface area contributed by atoms with Crippen molar-refractivity contribution in [1.29, 1.82) is 0 Å². The molecule has 1 fully saturated rings. The molecular weight excluding hydrogens is 345 g/mol. The maximum absolute atomic E-state index is 14.2. The molecule has 0 radical (unpaired) electrons. The van der Waals surface area contributed by atoms with E-state index in [0.717, 1.165) is 42.6 Å². The average molecular weight is 371 g/mol. The molecule has 2 aromatic rings. The van der Waals surface area contributed by atoms with Gasteiger partial charge < -0.3 is 10.2 Å². The maximum Gasteiger partial charge on any atom is 0.222 e. The minimum atomic E-state index is -0.529. The second kappa shape index (κ2) is 6.62. The minimum Gasteiger partial charge on any atom is -0.368 e. The van der Waals surface area contributed by atoms with E-state index < -0.39 is 5.95 Å². The van der Waals surface area contributed by atoms with Crippen LogP contribution < -0.4 is 5.32 Å². The first kappa shape index (κ1) is 17.9. The van der Waals surface area contributed by atoms with Crippen LogP contribution in [0.1, 0.15) is 44.4 Å². The van der Waals surface area contributed by atoms with E-state index in [0.29, 0.717) is 18.8 Å². The molecule has 2 aromatic heterocycles. The van der Waals surface area contributed by atoms with Crippen molar-refractivity contribution in [3.8, 4) is 11.3 Å². The summed E-state index contributed by atoms with van der Waals surface area (Å²) in [5, 5.41) is 10.8. The maximum atomic E-state index is 14.2. The van der Waals surface area contributed by atoms with Crippen LogP contribution in [-0.2, 0) is 17.6 Å².